The van der Waals surface area contributed by atoms with Gasteiger partial charge in [0.15, 0.2) is 0 Å². The van der Waals surface area contributed by atoms with Gasteiger partial charge in [-0.15, -0.1) is 0 Å². The predicted molar refractivity (Wildman–Crippen MR) is 137 cm³/mol. The third-order valence-electron chi connectivity index (χ3n) is 7.72. The molecule has 218 valence electrons. The molecule has 0 spiro atoms. The van der Waals surface area contributed by atoms with Crippen LogP contribution in [0.4, 0.5) is 17.6 Å². The van der Waals surface area contributed by atoms with Crippen molar-refractivity contribution >= 4 is 5.97 Å². The second-order valence-corrected chi connectivity index (χ2v) is 10.8. The zero-order chi connectivity index (χ0) is 29.7. The Balaban J connectivity index is 1.36. The summed E-state index contributed by atoms with van der Waals surface area (Å²) in [7, 11) is 0. The number of aliphatic hydroxyl groups is 2. The van der Waals surface area contributed by atoms with Crippen LogP contribution in [0.3, 0.4) is 0 Å². The molecule has 1 fully saturated rings. The summed E-state index contributed by atoms with van der Waals surface area (Å²) in [5, 5.41) is 28.3. The van der Waals surface area contributed by atoms with E-state index in [2.05, 4.69) is 9.97 Å². The van der Waals surface area contributed by atoms with Crippen molar-refractivity contribution in [2.24, 2.45) is 11.8 Å². The molecule has 0 bridgehead atoms. The average Bonchev–Trinajstić information content (AvgIpc) is 3.50. The number of halogens is 4. The molecular formula is C29H28F4N2O6. The van der Waals surface area contributed by atoms with Crippen LogP contribution in [0, 0.1) is 24.6 Å². The molecule has 1 aromatic carbocycles. The Hall–Kier alpha value is -3.77. The van der Waals surface area contributed by atoms with Crippen molar-refractivity contribution in [2.75, 3.05) is 13.2 Å². The first kappa shape index (κ1) is 28.7. The van der Waals surface area contributed by atoms with Crippen molar-refractivity contribution in [3.63, 3.8) is 0 Å². The zero-order valence-electron chi connectivity index (χ0n) is 22.2. The van der Waals surface area contributed by atoms with Gasteiger partial charge in [-0.1, -0.05) is 0 Å². The summed E-state index contributed by atoms with van der Waals surface area (Å²) in [6, 6.07) is 5.96. The Labute approximate surface area is 232 Å². The van der Waals surface area contributed by atoms with Crippen LogP contribution in [0.1, 0.15) is 47.2 Å². The van der Waals surface area contributed by atoms with Gasteiger partial charge >= 0.3 is 12.1 Å². The number of aromatic nitrogens is 2. The minimum absolute atomic E-state index is 0.0172. The Morgan fingerprint density at radius 3 is 2.54 bits per heavy atom. The smallest absolute Gasteiger partial charge is 0.417 e. The lowest BCUT2D eigenvalue weighted by Gasteiger charge is -2.20. The third-order valence-corrected chi connectivity index (χ3v) is 7.72. The number of ether oxygens (including phenoxy) is 2. The molecule has 2 aliphatic rings. The van der Waals surface area contributed by atoms with E-state index in [1.807, 2.05) is 0 Å². The number of carboxylic acid groups (broad SMARTS) is 1. The zero-order valence-corrected chi connectivity index (χ0v) is 22.2. The molecule has 0 aliphatic heterocycles. The van der Waals surface area contributed by atoms with Crippen LogP contribution in [-0.4, -0.2) is 50.1 Å². The summed E-state index contributed by atoms with van der Waals surface area (Å²) in [4.78, 5) is 19.7. The Morgan fingerprint density at radius 2 is 1.88 bits per heavy atom. The molecule has 8 nitrogen and oxygen atoms in total. The lowest BCUT2D eigenvalue weighted by molar-refractivity contribution is -0.139. The predicted octanol–water partition coefficient (Wildman–Crippen LogP) is 4.67. The summed E-state index contributed by atoms with van der Waals surface area (Å²) < 4.78 is 67.8. The van der Waals surface area contributed by atoms with Crippen molar-refractivity contribution in [3.05, 3.63) is 70.3 Å². The minimum Gasteiger partial charge on any atom is -0.481 e. The number of alkyl halides is 3. The van der Waals surface area contributed by atoms with Gasteiger partial charge in [-0.3, -0.25) is 4.79 Å². The van der Waals surface area contributed by atoms with Crippen molar-refractivity contribution in [1.29, 1.82) is 0 Å². The van der Waals surface area contributed by atoms with Crippen LogP contribution in [0.25, 0.3) is 11.1 Å². The van der Waals surface area contributed by atoms with Gasteiger partial charge in [0.25, 0.3) is 0 Å². The minimum atomic E-state index is -4.84. The highest BCUT2D eigenvalue weighted by Crippen LogP contribution is 2.61. The van der Waals surface area contributed by atoms with Gasteiger partial charge in [0.2, 0.25) is 11.8 Å². The largest absolute Gasteiger partial charge is 0.481 e. The molecule has 1 saturated carbocycles. The van der Waals surface area contributed by atoms with Crippen molar-refractivity contribution < 1.29 is 47.1 Å². The molecule has 2 aromatic heterocycles. The number of fused-ring (bicyclic) bond motifs is 3. The highest BCUT2D eigenvalue weighted by atomic mass is 19.4. The topological polar surface area (TPSA) is 122 Å². The summed E-state index contributed by atoms with van der Waals surface area (Å²) >= 11 is 0. The van der Waals surface area contributed by atoms with E-state index in [9.17, 15) is 32.6 Å². The number of nitrogens with zero attached hydrogens (tertiary/aromatic N) is 2. The number of hydrogen-bond donors (Lipinski definition) is 3. The van der Waals surface area contributed by atoms with E-state index in [1.165, 1.54) is 26.0 Å². The number of aliphatic hydroxyl groups excluding tert-OH is 1. The van der Waals surface area contributed by atoms with Crippen LogP contribution in [0.2, 0.25) is 0 Å². The molecule has 0 radical (unpaired) electrons. The molecule has 0 amide bonds. The van der Waals surface area contributed by atoms with Crippen molar-refractivity contribution in [2.45, 2.75) is 51.0 Å². The third kappa shape index (κ3) is 5.84. The molecule has 12 heteroatoms. The quantitative estimate of drug-likeness (QED) is 0.298. The van der Waals surface area contributed by atoms with Crippen LogP contribution in [-0.2, 0) is 24.0 Å². The fourth-order valence-electron chi connectivity index (χ4n) is 5.38. The number of pyridine rings is 2. The average molecular weight is 577 g/mol. The van der Waals surface area contributed by atoms with E-state index in [0.29, 0.717) is 12.5 Å². The van der Waals surface area contributed by atoms with E-state index in [1.54, 1.807) is 12.3 Å². The van der Waals surface area contributed by atoms with Gasteiger partial charge in [-0.05, 0) is 61.1 Å². The Morgan fingerprint density at radius 1 is 1.12 bits per heavy atom. The molecular weight excluding hydrogens is 548 g/mol. The van der Waals surface area contributed by atoms with Crippen molar-refractivity contribution in [1.82, 2.24) is 9.97 Å². The number of carbonyl (C=O) groups is 1. The number of aryl methyl sites for hydroxylation is 1. The molecule has 0 saturated heterocycles. The molecule has 1 unspecified atom stereocenters. The summed E-state index contributed by atoms with van der Waals surface area (Å²) in [6.07, 6.45) is -2.62. The lowest BCUT2D eigenvalue weighted by Crippen LogP contribution is -2.31. The maximum Gasteiger partial charge on any atom is 0.417 e. The van der Waals surface area contributed by atoms with Crippen LogP contribution >= 0.6 is 0 Å². The van der Waals surface area contributed by atoms with Gasteiger partial charge in [0.05, 0.1) is 30.3 Å². The molecule has 3 aromatic rings. The van der Waals surface area contributed by atoms with E-state index in [-0.39, 0.29) is 65.6 Å². The first-order valence-corrected chi connectivity index (χ1v) is 13.0. The van der Waals surface area contributed by atoms with Crippen LogP contribution in [0.15, 0.2) is 36.5 Å². The monoisotopic (exact) mass is 576 g/mol. The first-order chi connectivity index (χ1) is 19.3. The highest BCUT2D eigenvalue weighted by molar-refractivity contribution is 5.77. The summed E-state index contributed by atoms with van der Waals surface area (Å²) in [5.74, 6) is -2.08. The standard InChI is InChI=1S/C29H28F4N2O6/c1-14-17(3-4-23(35-14)40-6-5-28(2,39)13-36)18-8-16(22(30)10-21(18)29(31,32)33)12-41-24-9-15-7-19-25(20(15)11-34-24)26(19)27(37)38/h3-4,8-11,19,25-26,36,39H,5-7,12-13H2,1-2H3,(H,37,38)/t19-,25-,26+,28?/m1/s1. The first-order valence-electron chi connectivity index (χ1n) is 13.0. The van der Waals surface area contributed by atoms with Gasteiger partial charge in [0.1, 0.15) is 12.4 Å². The van der Waals surface area contributed by atoms with Gasteiger partial charge in [0, 0.05) is 47.5 Å². The van der Waals surface area contributed by atoms with Gasteiger partial charge < -0.3 is 24.8 Å². The molecule has 5 rings (SSSR count). The van der Waals surface area contributed by atoms with E-state index in [4.69, 9.17) is 14.6 Å². The second kappa shape index (κ2) is 10.6. The molecule has 4 atom stereocenters. The van der Waals surface area contributed by atoms with Crippen molar-refractivity contribution in [3.8, 4) is 22.9 Å². The maximum atomic E-state index is 14.9. The fraction of sp³-hybridized carbons (Fsp3) is 0.414. The number of rotatable bonds is 10. The second-order valence-electron chi connectivity index (χ2n) is 10.8. The lowest BCUT2D eigenvalue weighted by atomic mass is 9.95. The van der Waals surface area contributed by atoms with Crippen LogP contribution < -0.4 is 9.47 Å². The molecule has 41 heavy (non-hydrogen) atoms. The summed E-state index contributed by atoms with van der Waals surface area (Å²) in [6.45, 7) is 2.11. The molecule has 3 N–H and O–H groups in total. The van der Waals surface area contributed by atoms with E-state index < -0.39 is 41.7 Å². The number of benzene rings is 1. The fourth-order valence-corrected chi connectivity index (χ4v) is 5.38. The van der Waals surface area contributed by atoms with E-state index >= 15 is 0 Å². The SMILES string of the molecule is Cc1nc(OCCC(C)(O)CO)ccc1-c1cc(COc2cc3c(cn2)[C@H]2[C@@H](C3)[C@@H]2C(=O)O)c(F)cc1C(F)(F)F. The molecule has 2 heterocycles. The van der Waals surface area contributed by atoms with E-state index in [0.717, 1.165) is 17.2 Å². The van der Waals surface area contributed by atoms with Gasteiger partial charge in [-0.2, -0.15) is 13.2 Å². The van der Waals surface area contributed by atoms with Gasteiger partial charge in [-0.25, -0.2) is 14.4 Å². The summed E-state index contributed by atoms with van der Waals surface area (Å²) in [5.41, 5.74) is -0.822. The Bertz CT molecular complexity index is 1490. The Kier molecular flexibility index (Phi) is 7.41. The normalized spacial score (nSPS) is 20.6. The maximum absolute atomic E-state index is 14.9. The number of aliphatic carboxylic acids is 1. The molecule has 2 aliphatic carbocycles. The number of hydrogen-bond acceptors (Lipinski definition) is 7. The van der Waals surface area contributed by atoms with Crippen LogP contribution in [0.5, 0.6) is 11.8 Å². The highest BCUT2D eigenvalue weighted by Gasteiger charge is 2.60. The number of carboxylic acids is 1.